The predicted octanol–water partition coefficient (Wildman–Crippen LogP) is 11.7. The van der Waals surface area contributed by atoms with E-state index < -0.39 is 0 Å². The molecule has 194 valence electrons. The van der Waals surface area contributed by atoms with E-state index in [0.29, 0.717) is 0 Å². The highest BCUT2D eigenvalue weighted by atomic mass is 14.1. The molecular formula is C34H58. The van der Waals surface area contributed by atoms with Crippen LogP contribution in [0.1, 0.15) is 154 Å². The molecule has 0 radical (unpaired) electrons. The first-order valence-corrected chi connectivity index (χ1v) is 14.9. The van der Waals surface area contributed by atoms with Crippen LogP contribution in [0.5, 0.6) is 0 Å². The lowest BCUT2D eigenvalue weighted by Crippen LogP contribution is -1.95. The van der Waals surface area contributed by atoms with Gasteiger partial charge in [-0.05, 0) is 90.2 Å². The lowest BCUT2D eigenvalue weighted by Gasteiger charge is -2.10. The van der Waals surface area contributed by atoms with Crippen LogP contribution in [-0.4, -0.2) is 0 Å². The summed E-state index contributed by atoms with van der Waals surface area (Å²) in [5.74, 6) is 0. The molecule has 1 aromatic rings. The molecule has 0 aliphatic heterocycles. The molecule has 0 amide bonds. The summed E-state index contributed by atoms with van der Waals surface area (Å²) in [6, 6.07) is 9.26. The lowest BCUT2D eigenvalue weighted by atomic mass is 9.96. The van der Waals surface area contributed by atoms with E-state index >= 15 is 0 Å². The summed E-state index contributed by atoms with van der Waals surface area (Å²) in [5.41, 5.74) is 6.18. The molecule has 0 atom stereocenters. The number of benzene rings is 1. The van der Waals surface area contributed by atoms with Crippen LogP contribution in [0.3, 0.4) is 0 Å². The second-order valence-electron chi connectivity index (χ2n) is 11.1. The predicted molar refractivity (Wildman–Crippen MR) is 156 cm³/mol. The van der Waals surface area contributed by atoms with Crippen LogP contribution in [0, 0.1) is 0 Å². The topological polar surface area (TPSA) is 0 Å². The SMILES string of the molecule is CC(C)=CCCCCCCCCCCc1ccccc1CCCCCCCCCCC=C(C)C. The van der Waals surface area contributed by atoms with E-state index in [1.807, 2.05) is 0 Å². The van der Waals surface area contributed by atoms with Gasteiger partial charge in [-0.25, -0.2) is 0 Å². The zero-order valence-corrected chi connectivity index (χ0v) is 23.6. The Morgan fingerprint density at radius 3 is 1.06 bits per heavy atom. The molecule has 0 heterocycles. The van der Waals surface area contributed by atoms with Crippen LogP contribution in [0.2, 0.25) is 0 Å². The van der Waals surface area contributed by atoms with Gasteiger partial charge < -0.3 is 0 Å². The summed E-state index contributed by atoms with van der Waals surface area (Å²) < 4.78 is 0. The first-order chi connectivity index (χ1) is 16.6. The molecule has 1 rings (SSSR count). The molecule has 0 heteroatoms. The Kier molecular flexibility index (Phi) is 20.0. The molecule has 0 aromatic heterocycles. The van der Waals surface area contributed by atoms with Gasteiger partial charge in [0.2, 0.25) is 0 Å². The molecule has 34 heavy (non-hydrogen) atoms. The third kappa shape index (κ3) is 19.1. The van der Waals surface area contributed by atoms with Crippen molar-refractivity contribution < 1.29 is 0 Å². The normalized spacial score (nSPS) is 10.9. The number of hydrogen-bond donors (Lipinski definition) is 0. The van der Waals surface area contributed by atoms with Crippen LogP contribution in [0.25, 0.3) is 0 Å². The second kappa shape index (κ2) is 22.2. The van der Waals surface area contributed by atoms with Crippen molar-refractivity contribution in [3.05, 3.63) is 58.7 Å². The summed E-state index contributed by atoms with van der Waals surface area (Å²) in [4.78, 5) is 0. The maximum atomic E-state index is 2.39. The maximum Gasteiger partial charge on any atom is -0.0276 e. The summed E-state index contributed by atoms with van der Waals surface area (Å²) in [6.45, 7) is 8.82. The van der Waals surface area contributed by atoms with Gasteiger partial charge in [-0.1, -0.05) is 125 Å². The minimum atomic E-state index is 1.28. The highest BCUT2D eigenvalue weighted by Gasteiger charge is 2.02. The van der Waals surface area contributed by atoms with E-state index in [1.165, 1.54) is 140 Å². The van der Waals surface area contributed by atoms with E-state index in [1.54, 1.807) is 11.1 Å². The average Bonchev–Trinajstić information content (AvgIpc) is 2.81. The third-order valence-electron chi connectivity index (χ3n) is 7.02. The fourth-order valence-corrected chi connectivity index (χ4v) is 4.87. The van der Waals surface area contributed by atoms with Crippen LogP contribution in [0.4, 0.5) is 0 Å². The molecule has 0 unspecified atom stereocenters. The fourth-order valence-electron chi connectivity index (χ4n) is 4.87. The molecule has 0 spiro atoms. The Morgan fingerprint density at radius 1 is 0.441 bits per heavy atom. The maximum absolute atomic E-state index is 2.39. The van der Waals surface area contributed by atoms with Gasteiger partial charge in [0.1, 0.15) is 0 Å². The van der Waals surface area contributed by atoms with Gasteiger partial charge in [-0.2, -0.15) is 0 Å². The number of unbranched alkanes of at least 4 members (excludes halogenated alkanes) is 16. The van der Waals surface area contributed by atoms with E-state index in [0.717, 1.165) is 0 Å². The molecule has 0 aliphatic carbocycles. The molecular weight excluding hydrogens is 408 g/mol. The van der Waals surface area contributed by atoms with E-state index in [9.17, 15) is 0 Å². The first-order valence-electron chi connectivity index (χ1n) is 14.9. The third-order valence-corrected chi connectivity index (χ3v) is 7.02. The van der Waals surface area contributed by atoms with E-state index in [-0.39, 0.29) is 0 Å². The Balaban J connectivity index is 2.01. The van der Waals surface area contributed by atoms with Crippen molar-refractivity contribution in [2.45, 2.75) is 156 Å². The van der Waals surface area contributed by atoms with Crippen LogP contribution >= 0.6 is 0 Å². The minimum absolute atomic E-state index is 1.28. The Labute approximate surface area is 214 Å². The van der Waals surface area contributed by atoms with Crippen molar-refractivity contribution in [2.75, 3.05) is 0 Å². The van der Waals surface area contributed by atoms with Gasteiger partial charge in [0.25, 0.3) is 0 Å². The second-order valence-corrected chi connectivity index (χ2v) is 11.1. The smallest absolute Gasteiger partial charge is 0.0276 e. The molecule has 0 aliphatic rings. The van der Waals surface area contributed by atoms with Crippen molar-refractivity contribution in [1.29, 1.82) is 0 Å². The first kappa shape index (κ1) is 30.7. The number of rotatable bonds is 22. The van der Waals surface area contributed by atoms with Gasteiger partial charge in [0.15, 0.2) is 0 Å². The fraction of sp³-hybridized carbons (Fsp3) is 0.706. The van der Waals surface area contributed by atoms with E-state index in [2.05, 4.69) is 64.1 Å². The van der Waals surface area contributed by atoms with Crippen molar-refractivity contribution in [1.82, 2.24) is 0 Å². The molecule has 0 nitrogen and oxygen atoms in total. The zero-order valence-electron chi connectivity index (χ0n) is 23.6. The summed E-state index contributed by atoms with van der Waals surface area (Å²) >= 11 is 0. The van der Waals surface area contributed by atoms with Gasteiger partial charge >= 0.3 is 0 Å². The van der Waals surface area contributed by atoms with Crippen LogP contribution in [-0.2, 0) is 12.8 Å². The number of hydrogen-bond acceptors (Lipinski definition) is 0. The van der Waals surface area contributed by atoms with Crippen molar-refractivity contribution in [3.8, 4) is 0 Å². The highest BCUT2D eigenvalue weighted by Crippen LogP contribution is 2.18. The van der Waals surface area contributed by atoms with Crippen molar-refractivity contribution >= 4 is 0 Å². The number of aryl methyl sites for hydroxylation is 2. The van der Waals surface area contributed by atoms with Gasteiger partial charge in [0.05, 0.1) is 0 Å². The molecule has 0 fully saturated rings. The van der Waals surface area contributed by atoms with Crippen molar-refractivity contribution in [3.63, 3.8) is 0 Å². The summed E-state index contributed by atoms with van der Waals surface area (Å²) in [6.07, 6.45) is 32.4. The molecule has 0 saturated heterocycles. The van der Waals surface area contributed by atoms with Gasteiger partial charge in [-0.15, -0.1) is 0 Å². The largest absolute Gasteiger partial charge is 0.0859 e. The standard InChI is InChI=1S/C34H58/c1-31(2)25-19-15-11-7-5-9-13-17-21-27-33-29-23-24-30-34(33)28-22-18-14-10-6-8-12-16-20-26-32(3)4/h23-26,29-30H,5-22,27-28H2,1-4H3. The van der Waals surface area contributed by atoms with Gasteiger partial charge in [0, 0.05) is 0 Å². The molecule has 0 N–H and O–H groups in total. The Hall–Kier alpha value is -1.30. The molecule has 0 bridgehead atoms. The Bertz CT molecular complexity index is 583. The minimum Gasteiger partial charge on any atom is -0.0859 e. The monoisotopic (exact) mass is 466 g/mol. The Morgan fingerprint density at radius 2 is 0.735 bits per heavy atom. The van der Waals surface area contributed by atoms with Crippen molar-refractivity contribution in [2.24, 2.45) is 0 Å². The van der Waals surface area contributed by atoms with Gasteiger partial charge in [-0.3, -0.25) is 0 Å². The highest BCUT2D eigenvalue weighted by molar-refractivity contribution is 5.27. The van der Waals surface area contributed by atoms with Crippen LogP contribution < -0.4 is 0 Å². The summed E-state index contributed by atoms with van der Waals surface area (Å²) in [5, 5.41) is 0. The van der Waals surface area contributed by atoms with E-state index in [4.69, 9.17) is 0 Å². The lowest BCUT2D eigenvalue weighted by molar-refractivity contribution is 0.565. The molecule has 0 saturated carbocycles. The summed E-state index contributed by atoms with van der Waals surface area (Å²) in [7, 11) is 0. The average molecular weight is 467 g/mol. The zero-order chi connectivity index (χ0) is 24.7. The van der Waals surface area contributed by atoms with Crippen LogP contribution in [0.15, 0.2) is 47.6 Å². The number of allylic oxidation sites excluding steroid dienone is 4. The molecule has 1 aromatic carbocycles. The quantitative estimate of drug-likeness (QED) is 0.118.